The number of rotatable bonds is 11. The third-order valence-corrected chi connectivity index (χ3v) is 6.64. The maximum absolute atomic E-state index is 14.4. The van der Waals surface area contributed by atoms with Gasteiger partial charge in [-0.15, -0.1) is 11.3 Å². The zero-order valence-electron chi connectivity index (χ0n) is 16.0. The molecule has 28 heavy (non-hydrogen) atoms. The van der Waals surface area contributed by atoms with Crippen LogP contribution in [0.1, 0.15) is 30.6 Å². The summed E-state index contributed by atoms with van der Waals surface area (Å²) < 4.78 is 17.4. The molecule has 1 saturated heterocycles. The summed E-state index contributed by atoms with van der Waals surface area (Å²) in [4.78, 5) is 5.76. The molecule has 2 aromatic rings. The number of anilines is 2. The van der Waals surface area contributed by atoms with Crippen molar-refractivity contribution in [2.75, 3.05) is 36.2 Å². The van der Waals surface area contributed by atoms with Crippen LogP contribution in [-0.2, 0) is 0 Å². The van der Waals surface area contributed by atoms with E-state index in [2.05, 4.69) is 25.7 Å². The highest BCUT2D eigenvalue weighted by molar-refractivity contribution is 8.00. The number of aryl methyl sites for hydroxylation is 1. The van der Waals surface area contributed by atoms with E-state index in [0.29, 0.717) is 21.6 Å². The van der Waals surface area contributed by atoms with Crippen molar-refractivity contribution < 1.29 is 4.39 Å². The largest absolute Gasteiger partial charge is 0.384 e. The van der Waals surface area contributed by atoms with E-state index in [1.165, 1.54) is 42.2 Å². The number of nitrogens with one attached hydrogen (secondary N) is 4. The number of thiazole rings is 1. The van der Waals surface area contributed by atoms with E-state index in [1.807, 2.05) is 6.92 Å². The highest BCUT2D eigenvalue weighted by atomic mass is 35.5. The second-order valence-electron chi connectivity index (χ2n) is 6.87. The Labute approximate surface area is 179 Å². The fourth-order valence-corrected chi connectivity index (χ4v) is 4.73. The van der Waals surface area contributed by atoms with Crippen LogP contribution in [0, 0.1) is 12.7 Å². The lowest BCUT2D eigenvalue weighted by Crippen LogP contribution is -2.34. The molecule has 2 heterocycles. The van der Waals surface area contributed by atoms with Crippen molar-refractivity contribution in [3.63, 3.8) is 0 Å². The van der Waals surface area contributed by atoms with Gasteiger partial charge in [0.05, 0.1) is 15.6 Å². The van der Waals surface area contributed by atoms with Crippen LogP contribution in [-0.4, -0.2) is 37.2 Å². The van der Waals surface area contributed by atoms with Gasteiger partial charge in [-0.05, 0) is 69.8 Å². The number of benzene rings is 1. The molecule has 1 atom stereocenters. The van der Waals surface area contributed by atoms with Crippen LogP contribution in [0.5, 0.6) is 0 Å². The molecule has 0 bridgehead atoms. The van der Waals surface area contributed by atoms with E-state index in [-0.39, 0.29) is 5.82 Å². The molecular formula is C19H27ClFN5S2. The number of nitrogens with zero attached hydrogens (tertiary/aromatic N) is 1. The van der Waals surface area contributed by atoms with Crippen molar-refractivity contribution in [3.8, 4) is 0 Å². The molecule has 1 aromatic heterocycles. The third-order valence-electron chi connectivity index (χ3n) is 4.54. The first kappa shape index (κ1) is 21.6. The molecule has 1 aromatic carbocycles. The van der Waals surface area contributed by atoms with Gasteiger partial charge in [0.15, 0.2) is 5.13 Å². The molecular weight excluding hydrogens is 417 g/mol. The van der Waals surface area contributed by atoms with Gasteiger partial charge in [0.2, 0.25) is 0 Å². The SMILES string of the molecule is Cc1cnc(NSc2cc(Cl)c(NCCCCNC[C@@H]3CCCN3)cc2F)s1. The summed E-state index contributed by atoms with van der Waals surface area (Å²) in [5.41, 5.74) is 0.636. The average Bonchev–Trinajstić information content (AvgIpc) is 3.33. The predicted molar refractivity (Wildman–Crippen MR) is 119 cm³/mol. The van der Waals surface area contributed by atoms with E-state index >= 15 is 0 Å². The van der Waals surface area contributed by atoms with Crippen molar-refractivity contribution >= 4 is 45.7 Å². The van der Waals surface area contributed by atoms with Gasteiger partial charge in [0.25, 0.3) is 0 Å². The van der Waals surface area contributed by atoms with Crippen molar-refractivity contribution in [3.05, 3.63) is 34.0 Å². The van der Waals surface area contributed by atoms with Crippen molar-refractivity contribution in [2.45, 2.75) is 43.5 Å². The van der Waals surface area contributed by atoms with Crippen LogP contribution in [0.2, 0.25) is 5.02 Å². The Morgan fingerprint density at radius 3 is 2.96 bits per heavy atom. The summed E-state index contributed by atoms with van der Waals surface area (Å²) in [6, 6.07) is 3.74. The van der Waals surface area contributed by atoms with Crippen molar-refractivity contribution in [1.82, 2.24) is 15.6 Å². The smallest absolute Gasteiger partial charge is 0.193 e. The van der Waals surface area contributed by atoms with E-state index < -0.39 is 0 Å². The fourth-order valence-electron chi connectivity index (χ4n) is 3.05. The summed E-state index contributed by atoms with van der Waals surface area (Å²) in [6.07, 6.45) is 6.41. The lowest BCUT2D eigenvalue weighted by Gasteiger charge is -2.12. The monoisotopic (exact) mass is 443 g/mol. The van der Waals surface area contributed by atoms with Crippen LogP contribution < -0.4 is 20.7 Å². The number of unbranched alkanes of at least 4 members (excludes halogenated alkanes) is 1. The maximum Gasteiger partial charge on any atom is 0.193 e. The van der Waals surface area contributed by atoms with Crippen LogP contribution >= 0.6 is 34.9 Å². The number of hydrogen-bond donors (Lipinski definition) is 4. The Morgan fingerprint density at radius 2 is 2.21 bits per heavy atom. The fraction of sp³-hybridized carbons (Fsp3) is 0.526. The van der Waals surface area contributed by atoms with Crippen molar-refractivity contribution in [2.24, 2.45) is 0 Å². The zero-order chi connectivity index (χ0) is 19.8. The van der Waals surface area contributed by atoms with Gasteiger partial charge >= 0.3 is 0 Å². The molecule has 1 aliphatic heterocycles. The quantitative estimate of drug-likeness (QED) is 0.293. The minimum absolute atomic E-state index is 0.302. The molecule has 0 spiro atoms. The van der Waals surface area contributed by atoms with Gasteiger partial charge in [-0.2, -0.15) is 0 Å². The average molecular weight is 444 g/mol. The zero-order valence-corrected chi connectivity index (χ0v) is 18.4. The molecule has 0 amide bonds. The molecule has 154 valence electrons. The molecule has 0 aliphatic carbocycles. The molecule has 9 heteroatoms. The second-order valence-corrected chi connectivity index (χ2v) is 9.36. The van der Waals surface area contributed by atoms with Gasteiger partial charge in [0.1, 0.15) is 5.82 Å². The van der Waals surface area contributed by atoms with Crippen molar-refractivity contribution in [1.29, 1.82) is 0 Å². The number of aromatic nitrogens is 1. The first-order valence-electron chi connectivity index (χ1n) is 9.64. The van der Waals surface area contributed by atoms with Gasteiger partial charge in [0, 0.05) is 30.2 Å². The molecule has 0 unspecified atom stereocenters. The Balaban J connectivity index is 1.36. The first-order chi connectivity index (χ1) is 13.6. The Morgan fingerprint density at radius 1 is 1.36 bits per heavy atom. The normalized spacial score (nSPS) is 16.5. The van der Waals surface area contributed by atoms with E-state index in [0.717, 1.165) is 49.0 Å². The number of halogens is 2. The molecule has 0 saturated carbocycles. The number of hydrogen-bond acceptors (Lipinski definition) is 7. The third kappa shape index (κ3) is 6.77. The van der Waals surface area contributed by atoms with Gasteiger partial charge in [-0.25, -0.2) is 9.37 Å². The summed E-state index contributed by atoms with van der Waals surface area (Å²) >= 11 is 9.03. The standard InChI is InChI=1S/C19H27ClFN5S2/c1-13-11-25-19(27-13)26-28-18-9-15(20)17(10-16(18)21)24-7-3-2-6-22-12-14-5-4-8-23-14/h9-11,14,22-24H,2-8,12H2,1H3,(H,25,26)/t14-/m0/s1. The Hall–Kier alpha value is -1.06. The highest BCUT2D eigenvalue weighted by Gasteiger charge is 2.13. The first-order valence-corrected chi connectivity index (χ1v) is 11.6. The van der Waals surface area contributed by atoms with Gasteiger partial charge in [-0.1, -0.05) is 11.6 Å². The lowest BCUT2D eigenvalue weighted by atomic mass is 10.2. The summed E-state index contributed by atoms with van der Waals surface area (Å²) in [6.45, 7) is 5.93. The highest BCUT2D eigenvalue weighted by Crippen LogP contribution is 2.32. The lowest BCUT2D eigenvalue weighted by molar-refractivity contribution is 0.526. The van der Waals surface area contributed by atoms with Crippen LogP contribution in [0.4, 0.5) is 15.2 Å². The van der Waals surface area contributed by atoms with Crippen LogP contribution in [0.25, 0.3) is 0 Å². The molecule has 4 N–H and O–H groups in total. The van der Waals surface area contributed by atoms with Gasteiger partial charge in [-0.3, -0.25) is 0 Å². The van der Waals surface area contributed by atoms with Crippen LogP contribution in [0.3, 0.4) is 0 Å². The van der Waals surface area contributed by atoms with E-state index in [4.69, 9.17) is 11.6 Å². The minimum atomic E-state index is -0.302. The summed E-state index contributed by atoms with van der Waals surface area (Å²) in [5.74, 6) is -0.302. The minimum Gasteiger partial charge on any atom is -0.384 e. The Kier molecular flexibility index (Phi) is 8.66. The molecule has 1 fully saturated rings. The topological polar surface area (TPSA) is 61.0 Å². The summed E-state index contributed by atoms with van der Waals surface area (Å²) in [7, 11) is 0. The Bertz CT molecular complexity index is 752. The molecule has 1 aliphatic rings. The molecule has 3 rings (SSSR count). The maximum atomic E-state index is 14.4. The molecule has 0 radical (unpaired) electrons. The van der Waals surface area contributed by atoms with Gasteiger partial charge < -0.3 is 20.7 Å². The van der Waals surface area contributed by atoms with Crippen LogP contribution in [0.15, 0.2) is 23.2 Å². The molecule has 5 nitrogen and oxygen atoms in total. The second kappa shape index (κ2) is 11.2. The summed E-state index contributed by atoms with van der Waals surface area (Å²) in [5, 5.41) is 11.5. The van der Waals surface area contributed by atoms with E-state index in [1.54, 1.807) is 12.3 Å². The van der Waals surface area contributed by atoms with E-state index in [9.17, 15) is 4.39 Å². The predicted octanol–water partition coefficient (Wildman–Crippen LogP) is 4.90.